The first-order valence-electron chi connectivity index (χ1n) is 15.6. The lowest BCUT2D eigenvalue weighted by atomic mass is 9.87. The molecule has 0 amide bonds. The first kappa shape index (κ1) is 26.2. The van der Waals surface area contributed by atoms with Crippen LogP contribution in [-0.4, -0.2) is 4.98 Å². The molecule has 3 nitrogen and oxygen atoms in total. The van der Waals surface area contributed by atoms with Gasteiger partial charge in [-0.25, -0.2) is 0 Å². The quantitative estimate of drug-likeness (QED) is 0.200. The van der Waals surface area contributed by atoms with E-state index >= 15 is 0 Å². The predicted octanol–water partition coefficient (Wildman–Crippen LogP) is 12.0. The third-order valence-corrected chi connectivity index (χ3v) is 9.00. The molecule has 9 rings (SSSR count). The van der Waals surface area contributed by atoms with Crippen molar-refractivity contribution < 1.29 is 0 Å². The smallest absolute Gasteiger partial charge is 0.0703 e. The summed E-state index contributed by atoms with van der Waals surface area (Å²) >= 11 is 0. The number of rotatable bonds is 5. The highest BCUT2D eigenvalue weighted by molar-refractivity contribution is 6.19. The fourth-order valence-electron chi connectivity index (χ4n) is 6.93. The minimum Gasteiger partial charge on any atom is -0.309 e. The zero-order valence-electron chi connectivity index (χ0n) is 25.1. The van der Waals surface area contributed by atoms with Crippen molar-refractivity contribution in [1.29, 1.82) is 0 Å². The second-order valence-corrected chi connectivity index (χ2v) is 11.7. The molecule has 1 aliphatic heterocycles. The Morgan fingerprint density at radius 3 is 1.91 bits per heavy atom. The van der Waals surface area contributed by atoms with E-state index in [1.54, 1.807) is 0 Å². The van der Waals surface area contributed by atoms with Gasteiger partial charge in [-0.1, -0.05) is 109 Å². The van der Waals surface area contributed by atoms with Crippen LogP contribution in [0.1, 0.15) is 0 Å². The second-order valence-electron chi connectivity index (χ2n) is 11.7. The SMILES string of the molecule is c1ccc(-c2ccc(N(c3ccccc3)c3ccc(N4c5ccc6ccccc6c5-c5cccc6cccc4c56)cc3)cn2)cc1. The molecule has 7 aromatic carbocycles. The highest BCUT2D eigenvalue weighted by atomic mass is 15.2. The van der Waals surface area contributed by atoms with Crippen molar-refractivity contribution >= 4 is 55.7 Å². The van der Waals surface area contributed by atoms with E-state index in [0.29, 0.717) is 0 Å². The van der Waals surface area contributed by atoms with Gasteiger partial charge in [0, 0.05) is 33.6 Å². The summed E-state index contributed by atoms with van der Waals surface area (Å²) in [6.45, 7) is 0. The Labute approximate surface area is 268 Å². The van der Waals surface area contributed by atoms with Crippen molar-refractivity contribution in [3.05, 3.63) is 176 Å². The van der Waals surface area contributed by atoms with Gasteiger partial charge in [0.2, 0.25) is 0 Å². The van der Waals surface area contributed by atoms with Crippen LogP contribution in [0.3, 0.4) is 0 Å². The minimum atomic E-state index is 0.957. The van der Waals surface area contributed by atoms with E-state index in [9.17, 15) is 0 Å². The van der Waals surface area contributed by atoms with Gasteiger partial charge in [0.1, 0.15) is 0 Å². The lowest BCUT2D eigenvalue weighted by Gasteiger charge is -2.34. The number of aromatic nitrogens is 1. The Kier molecular flexibility index (Phi) is 6.14. The Balaban J connectivity index is 1.18. The van der Waals surface area contributed by atoms with Crippen molar-refractivity contribution in [1.82, 2.24) is 4.98 Å². The van der Waals surface area contributed by atoms with Gasteiger partial charge in [0.25, 0.3) is 0 Å². The van der Waals surface area contributed by atoms with Crippen LogP contribution in [0.2, 0.25) is 0 Å². The first-order chi connectivity index (χ1) is 22.8. The van der Waals surface area contributed by atoms with Crippen LogP contribution >= 0.6 is 0 Å². The maximum Gasteiger partial charge on any atom is 0.0703 e. The van der Waals surface area contributed by atoms with Crippen LogP contribution in [0.5, 0.6) is 0 Å². The van der Waals surface area contributed by atoms with Gasteiger partial charge in [0.15, 0.2) is 0 Å². The third-order valence-electron chi connectivity index (χ3n) is 9.00. The number of anilines is 6. The molecule has 0 radical (unpaired) electrons. The van der Waals surface area contributed by atoms with Gasteiger partial charge in [-0.3, -0.25) is 4.98 Å². The molecule has 0 fully saturated rings. The predicted molar refractivity (Wildman–Crippen MR) is 193 cm³/mol. The van der Waals surface area contributed by atoms with Crippen LogP contribution in [-0.2, 0) is 0 Å². The molecule has 0 aliphatic carbocycles. The molecule has 0 atom stereocenters. The largest absolute Gasteiger partial charge is 0.309 e. The molecular weight excluding hydrogens is 558 g/mol. The summed E-state index contributed by atoms with van der Waals surface area (Å²) in [5.74, 6) is 0. The van der Waals surface area contributed by atoms with E-state index in [0.717, 1.165) is 34.0 Å². The first-order valence-corrected chi connectivity index (χ1v) is 15.6. The molecule has 46 heavy (non-hydrogen) atoms. The normalized spacial score (nSPS) is 11.9. The lowest BCUT2D eigenvalue weighted by molar-refractivity contribution is 1.22. The number of hydrogen-bond donors (Lipinski definition) is 0. The summed E-state index contributed by atoms with van der Waals surface area (Å²) in [6.07, 6.45) is 1.97. The van der Waals surface area contributed by atoms with Gasteiger partial charge in [-0.2, -0.15) is 0 Å². The summed E-state index contributed by atoms with van der Waals surface area (Å²) in [7, 11) is 0. The molecule has 0 bridgehead atoms. The van der Waals surface area contributed by atoms with Crippen LogP contribution in [0.4, 0.5) is 34.1 Å². The molecule has 0 saturated heterocycles. The summed E-state index contributed by atoms with van der Waals surface area (Å²) in [5.41, 5.74) is 11.3. The van der Waals surface area contributed by atoms with Crippen molar-refractivity contribution in [2.24, 2.45) is 0 Å². The van der Waals surface area contributed by atoms with Crippen LogP contribution in [0, 0.1) is 0 Å². The van der Waals surface area contributed by atoms with Crippen molar-refractivity contribution in [3.8, 4) is 22.4 Å². The Hall–Kier alpha value is -6.19. The number of nitrogens with zero attached hydrogens (tertiary/aromatic N) is 3. The monoisotopic (exact) mass is 587 g/mol. The highest BCUT2D eigenvalue weighted by Crippen LogP contribution is 2.53. The average molecular weight is 588 g/mol. The van der Waals surface area contributed by atoms with E-state index in [1.807, 2.05) is 24.4 Å². The van der Waals surface area contributed by atoms with Gasteiger partial charge in [-0.15, -0.1) is 0 Å². The van der Waals surface area contributed by atoms with E-state index in [4.69, 9.17) is 4.98 Å². The van der Waals surface area contributed by atoms with E-state index < -0.39 is 0 Å². The summed E-state index contributed by atoms with van der Waals surface area (Å²) in [6, 6.07) is 60.5. The molecule has 1 aromatic heterocycles. The lowest BCUT2D eigenvalue weighted by Crippen LogP contribution is -2.16. The number of fused-ring (bicyclic) bond motifs is 4. The van der Waals surface area contributed by atoms with Gasteiger partial charge in [-0.05, 0) is 82.4 Å². The fraction of sp³-hybridized carbons (Fsp3) is 0. The van der Waals surface area contributed by atoms with E-state index in [2.05, 4.69) is 161 Å². The molecular formula is C43H29N3. The zero-order valence-corrected chi connectivity index (χ0v) is 25.1. The van der Waals surface area contributed by atoms with Crippen LogP contribution < -0.4 is 9.80 Å². The Morgan fingerprint density at radius 2 is 1.13 bits per heavy atom. The molecule has 3 heteroatoms. The second kappa shape index (κ2) is 10.8. The van der Waals surface area contributed by atoms with Crippen molar-refractivity contribution in [2.45, 2.75) is 0 Å². The molecule has 0 spiro atoms. The minimum absolute atomic E-state index is 0.957. The molecule has 216 valence electrons. The molecule has 0 N–H and O–H groups in total. The number of hydrogen-bond acceptors (Lipinski definition) is 3. The van der Waals surface area contributed by atoms with Gasteiger partial charge < -0.3 is 9.80 Å². The highest BCUT2D eigenvalue weighted by Gasteiger charge is 2.27. The molecule has 0 saturated carbocycles. The van der Waals surface area contributed by atoms with E-state index in [-0.39, 0.29) is 0 Å². The zero-order chi connectivity index (χ0) is 30.5. The molecule has 0 unspecified atom stereocenters. The molecule has 2 heterocycles. The fourth-order valence-corrected chi connectivity index (χ4v) is 6.93. The molecule has 8 aromatic rings. The Bertz CT molecular complexity index is 2340. The molecule has 1 aliphatic rings. The standard InChI is InChI=1S/C43H29N3/c1-3-12-31(13-4-1)39-27-26-36(29-44-39)45(33-16-5-2-6-17-33)34-22-24-35(25-23-34)46-40-20-10-15-32-14-9-19-38(42(32)40)43-37-18-8-7-11-30(37)21-28-41(43)46/h1-29H. The van der Waals surface area contributed by atoms with Crippen LogP contribution in [0.15, 0.2) is 176 Å². The van der Waals surface area contributed by atoms with Crippen molar-refractivity contribution in [3.63, 3.8) is 0 Å². The summed E-state index contributed by atoms with van der Waals surface area (Å²) in [5, 5.41) is 5.05. The number of pyridine rings is 1. The Morgan fingerprint density at radius 1 is 0.457 bits per heavy atom. The average Bonchev–Trinajstić information content (AvgIpc) is 3.13. The maximum absolute atomic E-state index is 4.85. The third kappa shape index (κ3) is 4.25. The van der Waals surface area contributed by atoms with Crippen molar-refractivity contribution in [2.75, 3.05) is 9.80 Å². The summed E-state index contributed by atoms with van der Waals surface area (Å²) < 4.78 is 0. The van der Waals surface area contributed by atoms with Gasteiger partial charge >= 0.3 is 0 Å². The van der Waals surface area contributed by atoms with E-state index in [1.165, 1.54) is 44.0 Å². The maximum atomic E-state index is 4.85. The van der Waals surface area contributed by atoms with Crippen LogP contribution in [0.25, 0.3) is 43.9 Å². The van der Waals surface area contributed by atoms with Gasteiger partial charge in [0.05, 0.1) is 29.0 Å². The number of para-hydroxylation sites is 1. The summed E-state index contributed by atoms with van der Waals surface area (Å²) in [4.78, 5) is 9.54. The number of benzene rings is 7. The topological polar surface area (TPSA) is 19.4 Å².